The van der Waals surface area contributed by atoms with E-state index in [0.717, 1.165) is 10.8 Å². The largest absolute Gasteiger partial charge is 0.507 e. The van der Waals surface area contributed by atoms with Gasteiger partial charge in [0.15, 0.2) is 0 Å². The van der Waals surface area contributed by atoms with Crippen molar-refractivity contribution < 1.29 is 10.2 Å². The van der Waals surface area contributed by atoms with Crippen molar-refractivity contribution in [2.24, 2.45) is 4.99 Å². The topological polar surface area (TPSA) is 52.8 Å². The standard InChI is InChI=1S/C17H13NO2/c19-16-8-4-2-6-13(16)11-18-15-10-9-12-5-1-3-7-14(12)17(15)20/h1-11,19-20H. The number of para-hydroxylation sites is 1. The lowest BCUT2D eigenvalue weighted by molar-refractivity contribution is 0.474. The van der Waals surface area contributed by atoms with Crippen molar-refractivity contribution in [2.75, 3.05) is 0 Å². The number of aromatic hydroxyl groups is 2. The number of rotatable bonds is 2. The molecule has 0 fully saturated rings. The number of nitrogens with zero attached hydrogens (tertiary/aromatic N) is 1. The summed E-state index contributed by atoms with van der Waals surface area (Å²) in [5, 5.41) is 21.6. The highest BCUT2D eigenvalue weighted by molar-refractivity contribution is 5.94. The van der Waals surface area contributed by atoms with Gasteiger partial charge in [0, 0.05) is 17.2 Å². The number of hydrogen-bond donors (Lipinski definition) is 2. The molecular weight excluding hydrogens is 250 g/mol. The van der Waals surface area contributed by atoms with Gasteiger partial charge in [-0.2, -0.15) is 0 Å². The highest BCUT2D eigenvalue weighted by Gasteiger charge is 2.04. The van der Waals surface area contributed by atoms with Gasteiger partial charge in [0.1, 0.15) is 17.2 Å². The van der Waals surface area contributed by atoms with Crippen LogP contribution in [0.4, 0.5) is 5.69 Å². The van der Waals surface area contributed by atoms with Gasteiger partial charge in [-0.05, 0) is 23.6 Å². The summed E-state index contributed by atoms with van der Waals surface area (Å²) in [4.78, 5) is 4.25. The molecule has 3 rings (SSSR count). The maximum Gasteiger partial charge on any atom is 0.148 e. The van der Waals surface area contributed by atoms with Gasteiger partial charge in [0.05, 0.1) is 0 Å². The smallest absolute Gasteiger partial charge is 0.148 e. The summed E-state index contributed by atoms with van der Waals surface area (Å²) in [6.45, 7) is 0. The first-order chi connectivity index (χ1) is 9.75. The zero-order chi connectivity index (χ0) is 13.9. The number of benzene rings is 3. The van der Waals surface area contributed by atoms with Crippen LogP contribution in [0.25, 0.3) is 10.8 Å². The molecule has 0 saturated carbocycles. The highest BCUT2D eigenvalue weighted by atomic mass is 16.3. The maximum atomic E-state index is 10.2. The van der Waals surface area contributed by atoms with Crippen molar-refractivity contribution in [1.29, 1.82) is 0 Å². The fourth-order valence-electron chi connectivity index (χ4n) is 2.08. The SMILES string of the molecule is Oc1ccccc1C=Nc1ccc2ccccc2c1O. The first kappa shape index (κ1) is 12.2. The van der Waals surface area contributed by atoms with E-state index in [2.05, 4.69) is 4.99 Å². The summed E-state index contributed by atoms with van der Waals surface area (Å²) in [5.74, 6) is 0.311. The van der Waals surface area contributed by atoms with E-state index in [-0.39, 0.29) is 11.5 Å². The van der Waals surface area contributed by atoms with E-state index >= 15 is 0 Å². The Morgan fingerprint density at radius 1 is 0.800 bits per heavy atom. The second kappa shape index (κ2) is 5.05. The van der Waals surface area contributed by atoms with Gasteiger partial charge in [-0.3, -0.25) is 4.99 Å². The molecule has 20 heavy (non-hydrogen) atoms. The monoisotopic (exact) mass is 263 g/mol. The molecule has 0 heterocycles. The van der Waals surface area contributed by atoms with Gasteiger partial charge in [-0.1, -0.05) is 42.5 Å². The van der Waals surface area contributed by atoms with Crippen LogP contribution < -0.4 is 0 Å². The van der Waals surface area contributed by atoms with Crippen LogP contribution in [0.1, 0.15) is 5.56 Å². The van der Waals surface area contributed by atoms with Crippen LogP contribution in [0, 0.1) is 0 Å². The van der Waals surface area contributed by atoms with E-state index in [0.29, 0.717) is 11.3 Å². The lowest BCUT2D eigenvalue weighted by Gasteiger charge is -2.04. The van der Waals surface area contributed by atoms with E-state index in [9.17, 15) is 10.2 Å². The molecule has 3 heteroatoms. The molecular formula is C17H13NO2. The highest BCUT2D eigenvalue weighted by Crippen LogP contribution is 2.34. The molecule has 3 aromatic carbocycles. The Balaban J connectivity index is 2.03. The number of hydrogen-bond acceptors (Lipinski definition) is 3. The van der Waals surface area contributed by atoms with Crippen LogP contribution >= 0.6 is 0 Å². The molecule has 0 aromatic heterocycles. The first-order valence-corrected chi connectivity index (χ1v) is 6.28. The molecule has 0 aliphatic rings. The molecule has 0 amide bonds. The molecule has 0 saturated heterocycles. The van der Waals surface area contributed by atoms with Gasteiger partial charge in [-0.15, -0.1) is 0 Å². The van der Waals surface area contributed by atoms with Crippen molar-refractivity contribution in [2.45, 2.75) is 0 Å². The minimum Gasteiger partial charge on any atom is -0.507 e. The van der Waals surface area contributed by atoms with Gasteiger partial charge in [0.25, 0.3) is 0 Å². The number of phenolic OH excluding ortho intramolecular Hbond substituents is 2. The average Bonchev–Trinajstić information content (AvgIpc) is 2.48. The van der Waals surface area contributed by atoms with Crippen molar-refractivity contribution in [1.82, 2.24) is 0 Å². The molecule has 3 aromatic rings. The summed E-state index contributed by atoms with van der Waals surface area (Å²) in [5.41, 5.74) is 1.09. The minimum atomic E-state index is 0.148. The van der Waals surface area contributed by atoms with Gasteiger partial charge in [0.2, 0.25) is 0 Å². The predicted molar refractivity (Wildman–Crippen MR) is 81.0 cm³/mol. The maximum absolute atomic E-state index is 10.2. The van der Waals surface area contributed by atoms with Crippen LogP contribution in [-0.4, -0.2) is 16.4 Å². The van der Waals surface area contributed by atoms with E-state index < -0.39 is 0 Å². The Bertz CT molecular complexity index is 794. The Morgan fingerprint density at radius 3 is 2.40 bits per heavy atom. The lowest BCUT2D eigenvalue weighted by Crippen LogP contribution is -1.81. The van der Waals surface area contributed by atoms with Crippen LogP contribution in [-0.2, 0) is 0 Å². The van der Waals surface area contributed by atoms with Gasteiger partial charge in [-0.25, -0.2) is 0 Å². The Labute approximate surface area is 116 Å². The number of aliphatic imine (C=N–C) groups is 1. The molecule has 0 unspecified atom stereocenters. The normalized spacial score (nSPS) is 11.2. The fourth-order valence-corrected chi connectivity index (χ4v) is 2.08. The van der Waals surface area contributed by atoms with E-state index in [1.165, 1.54) is 0 Å². The molecule has 0 spiro atoms. The number of phenols is 2. The second-order valence-electron chi connectivity index (χ2n) is 4.47. The lowest BCUT2D eigenvalue weighted by atomic mass is 10.1. The Hall–Kier alpha value is -2.81. The van der Waals surface area contributed by atoms with Crippen LogP contribution in [0.2, 0.25) is 0 Å². The summed E-state index contributed by atoms with van der Waals surface area (Å²) in [6.07, 6.45) is 1.54. The molecule has 2 N–H and O–H groups in total. The van der Waals surface area contributed by atoms with Crippen molar-refractivity contribution in [3.05, 3.63) is 66.2 Å². The van der Waals surface area contributed by atoms with E-state index in [4.69, 9.17) is 0 Å². The second-order valence-corrected chi connectivity index (χ2v) is 4.47. The third-order valence-electron chi connectivity index (χ3n) is 3.16. The van der Waals surface area contributed by atoms with Gasteiger partial charge < -0.3 is 10.2 Å². The molecule has 0 aliphatic heterocycles. The predicted octanol–water partition coefficient (Wildman–Crippen LogP) is 4.00. The Morgan fingerprint density at radius 2 is 1.55 bits per heavy atom. The van der Waals surface area contributed by atoms with Crippen molar-refractivity contribution >= 4 is 22.7 Å². The Kier molecular flexibility index (Phi) is 3.09. The quantitative estimate of drug-likeness (QED) is 0.686. The molecule has 0 aliphatic carbocycles. The number of fused-ring (bicyclic) bond motifs is 1. The summed E-state index contributed by atoms with van der Waals surface area (Å²) in [7, 11) is 0. The zero-order valence-corrected chi connectivity index (χ0v) is 10.7. The molecule has 0 radical (unpaired) electrons. The van der Waals surface area contributed by atoms with Crippen LogP contribution in [0.5, 0.6) is 11.5 Å². The molecule has 0 atom stereocenters. The van der Waals surface area contributed by atoms with Crippen molar-refractivity contribution in [3.8, 4) is 11.5 Å². The average molecular weight is 263 g/mol. The fraction of sp³-hybridized carbons (Fsp3) is 0. The molecule has 0 bridgehead atoms. The van der Waals surface area contributed by atoms with E-state index in [1.54, 1.807) is 30.5 Å². The third-order valence-corrected chi connectivity index (χ3v) is 3.16. The molecule has 3 nitrogen and oxygen atoms in total. The van der Waals surface area contributed by atoms with Crippen LogP contribution in [0.3, 0.4) is 0 Å². The summed E-state index contributed by atoms with van der Waals surface area (Å²) in [6, 6.07) is 18.2. The zero-order valence-electron chi connectivity index (χ0n) is 10.7. The minimum absolute atomic E-state index is 0.148. The van der Waals surface area contributed by atoms with Gasteiger partial charge >= 0.3 is 0 Å². The van der Waals surface area contributed by atoms with E-state index in [1.807, 2.05) is 36.4 Å². The first-order valence-electron chi connectivity index (χ1n) is 6.28. The summed E-state index contributed by atoms with van der Waals surface area (Å²) >= 11 is 0. The third kappa shape index (κ3) is 2.21. The summed E-state index contributed by atoms with van der Waals surface area (Å²) < 4.78 is 0. The van der Waals surface area contributed by atoms with Crippen LogP contribution in [0.15, 0.2) is 65.7 Å². The van der Waals surface area contributed by atoms with Crippen molar-refractivity contribution in [3.63, 3.8) is 0 Å². The molecule has 98 valence electrons.